The molecule has 16 heteroatoms. The summed E-state index contributed by atoms with van der Waals surface area (Å²) in [5.41, 5.74) is -1.13. The molecule has 0 saturated carbocycles. The van der Waals surface area contributed by atoms with Gasteiger partial charge in [0, 0.05) is 24.3 Å². The second kappa shape index (κ2) is 13.5. The minimum Gasteiger partial charge on any atom is -0.352 e. The molecule has 0 fully saturated rings. The van der Waals surface area contributed by atoms with Crippen LogP contribution in [-0.2, 0) is 16.2 Å². The fourth-order valence-electron chi connectivity index (χ4n) is 3.46. The van der Waals surface area contributed by atoms with E-state index in [9.17, 15) is 40.4 Å². The van der Waals surface area contributed by atoms with Gasteiger partial charge in [0.1, 0.15) is 5.82 Å². The molecule has 0 unspecified atom stereocenters. The van der Waals surface area contributed by atoms with Crippen molar-refractivity contribution in [3.05, 3.63) is 88.2 Å². The van der Waals surface area contributed by atoms with E-state index in [0.29, 0.717) is 11.6 Å². The Hall–Kier alpha value is -4.37. The van der Waals surface area contributed by atoms with Crippen molar-refractivity contribution in [3.8, 4) is 0 Å². The first-order valence-corrected chi connectivity index (χ1v) is 13.9. The van der Waals surface area contributed by atoms with E-state index in [1.54, 1.807) is 19.1 Å². The lowest BCUT2D eigenvalue weighted by Crippen LogP contribution is -2.40. The van der Waals surface area contributed by atoms with Crippen molar-refractivity contribution in [3.63, 3.8) is 0 Å². The van der Waals surface area contributed by atoms with Crippen LogP contribution in [0, 0.1) is 12.7 Å². The zero-order valence-electron chi connectivity index (χ0n) is 21.7. The molecule has 3 aromatic carbocycles. The predicted octanol–water partition coefficient (Wildman–Crippen LogP) is 5.26. The van der Waals surface area contributed by atoms with Gasteiger partial charge in [0.15, 0.2) is 0 Å². The highest BCUT2D eigenvalue weighted by molar-refractivity contribution is 7.90. The van der Waals surface area contributed by atoms with Gasteiger partial charge in [-0.1, -0.05) is 23.7 Å². The number of benzene rings is 3. The Morgan fingerprint density at radius 1 is 0.881 bits per heavy atom. The molecule has 0 aliphatic rings. The highest BCUT2D eigenvalue weighted by Gasteiger charge is 2.33. The van der Waals surface area contributed by atoms with Gasteiger partial charge in [0.25, 0.3) is 15.9 Å². The molecule has 10 nitrogen and oxygen atoms in total. The van der Waals surface area contributed by atoms with Gasteiger partial charge >= 0.3 is 18.2 Å². The smallest absolute Gasteiger partial charge is 0.352 e. The zero-order valence-corrected chi connectivity index (χ0v) is 23.3. The number of rotatable bonds is 9. The number of hydrogen-bond acceptors (Lipinski definition) is 5. The molecule has 0 spiro atoms. The molecule has 3 aromatic rings. The predicted molar refractivity (Wildman–Crippen MR) is 147 cm³/mol. The SMILES string of the molecule is Cc1cccc(S(=O)(=O)NC(=O)NCCCNC(=O)c2ccc(NC(=O)Nc3ccc(Cl)c(C(F)(F)F)c3)c(F)c2)c1. The molecule has 0 aliphatic carbocycles. The third-order valence-corrected chi connectivity index (χ3v) is 7.12. The number of hydrogen-bond donors (Lipinski definition) is 5. The van der Waals surface area contributed by atoms with Crippen molar-refractivity contribution in [2.45, 2.75) is 24.4 Å². The normalized spacial score (nSPS) is 11.4. The first-order chi connectivity index (χ1) is 19.7. The minimum absolute atomic E-state index is 0.0138. The summed E-state index contributed by atoms with van der Waals surface area (Å²) in [6.45, 7) is 1.77. The lowest BCUT2D eigenvalue weighted by molar-refractivity contribution is -0.137. The summed E-state index contributed by atoms with van der Waals surface area (Å²) >= 11 is 5.54. The highest BCUT2D eigenvalue weighted by atomic mass is 35.5. The summed E-state index contributed by atoms with van der Waals surface area (Å²) in [7, 11) is -4.06. The third-order valence-electron chi connectivity index (χ3n) is 5.46. The van der Waals surface area contributed by atoms with Crippen LogP contribution in [0.3, 0.4) is 0 Å². The van der Waals surface area contributed by atoms with E-state index < -0.39 is 50.6 Å². The number of anilines is 2. The molecule has 0 atom stereocenters. The molecular formula is C26H24ClF4N5O5S. The molecule has 0 aromatic heterocycles. The number of carbonyl (C=O) groups excluding carboxylic acids is 3. The Morgan fingerprint density at radius 3 is 2.26 bits per heavy atom. The summed E-state index contributed by atoms with van der Waals surface area (Å²) in [4.78, 5) is 36.4. The van der Waals surface area contributed by atoms with Crippen molar-refractivity contribution in [2.24, 2.45) is 0 Å². The van der Waals surface area contributed by atoms with Gasteiger partial charge in [0.2, 0.25) is 0 Å². The number of halogens is 5. The van der Waals surface area contributed by atoms with E-state index in [1.165, 1.54) is 18.2 Å². The Labute approximate surface area is 242 Å². The van der Waals surface area contributed by atoms with Crippen LogP contribution in [0.5, 0.6) is 0 Å². The molecule has 0 radical (unpaired) electrons. The Bertz CT molecular complexity index is 1600. The van der Waals surface area contributed by atoms with Gasteiger partial charge < -0.3 is 21.3 Å². The molecule has 0 bridgehead atoms. The molecule has 5 amide bonds. The summed E-state index contributed by atoms with van der Waals surface area (Å²) < 4.78 is 79.9. The largest absolute Gasteiger partial charge is 0.417 e. The zero-order chi connectivity index (χ0) is 31.1. The van der Waals surface area contributed by atoms with Crippen molar-refractivity contribution in [2.75, 3.05) is 23.7 Å². The van der Waals surface area contributed by atoms with E-state index in [4.69, 9.17) is 11.6 Å². The van der Waals surface area contributed by atoms with Crippen LogP contribution in [0.2, 0.25) is 5.02 Å². The van der Waals surface area contributed by atoms with Crippen molar-refractivity contribution in [1.29, 1.82) is 0 Å². The Kier molecular flexibility index (Phi) is 10.4. The number of aryl methyl sites for hydroxylation is 1. The number of sulfonamides is 1. The van der Waals surface area contributed by atoms with Crippen LogP contribution < -0.4 is 26.0 Å². The second-order valence-corrected chi connectivity index (χ2v) is 10.8. The lowest BCUT2D eigenvalue weighted by Gasteiger charge is -2.13. The summed E-state index contributed by atoms with van der Waals surface area (Å²) in [5.74, 6) is -1.66. The van der Waals surface area contributed by atoms with Crippen LogP contribution in [-0.4, -0.2) is 39.5 Å². The first kappa shape index (κ1) is 32.1. The van der Waals surface area contributed by atoms with Crippen LogP contribution in [0.4, 0.5) is 38.5 Å². The van der Waals surface area contributed by atoms with Crippen molar-refractivity contribution in [1.82, 2.24) is 15.4 Å². The molecule has 3 rings (SSSR count). The molecule has 0 aliphatic heterocycles. The standard InChI is InChI=1S/C26H24ClF4N5O5S/c1-15-4-2-5-18(12-15)42(40,41)36-24(38)33-11-3-10-32-23(37)16-6-9-22(21(28)13-16)35-25(39)34-17-7-8-20(27)19(14-17)26(29,30)31/h2,4-9,12-14H,3,10-11H2,1H3,(H,32,37)(H2,33,36,38)(H2,34,35,39). The van der Waals surface area contributed by atoms with E-state index in [0.717, 1.165) is 24.3 Å². The quantitative estimate of drug-likeness (QED) is 0.162. The molecule has 0 heterocycles. The van der Waals surface area contributed by atoms with Crippen LogP contribution in [0.1, 0.15) is 27.9 Å². The van der Waals surface area contributed by atoms with Crippen LogP contribution >= 0.6 is 11.6 Å². The fraction of sp³-hybridized carbons (Fsp3) is 0.192. The van der Waals surface area contributed by atoms with E-state index in [1.807, 2.05) is 4.72 Å². The van der Waals surface area contributed by atoms with Gasteiger partial charge in [-0.3, -0.25) is 4.79 Å². The van der Waals surface area contributed by atoms with Gasteiger partial charge in [-0.25, -0.2) is 27.1 Å². The molecule has 224 valence electrons. The van der Waals surface area contributed by atoms with Gasteiger partial charge in [-0.2, -0.15) is 13.2 Å². The van der Waals surface area contributed by atoms with E-state index in [-0.39, 0.29) is 41.3 Å². The molecule has 42 heavy (non-hydrogen) atoms. The maximum Gasteiger partial charge on any atom is 0.417 e. The van der Waals surface area contributed by atoms with Gasteiger partial charge in [0.05, 0.1) is 21.2 Å². The van der Waals surface area contributed by atoms with E-state index >= 15 is 0 Å². The van der Waals surface area contributed by atoms with Gasteiger partial charge in [-0.15, -0.1) is 0 Å². The van der Waals surface area contributed by atoms with Crippen LogP contribution in [0.25, 0.3) is 0 Å². The third kappa shape index (κ3) is 9.07. The average molecular weight is 630 g/mol. The number of nitrogens with one attached hydrogen (secondary N) is 5. The Morgan fingerprint density at radius 2 is 1.60 bits per heavy atom. The van der Waals surface area contributed by atoms with E-state index in [2.05, 4.69) is 21.3 Å². The summed E-state index contributed by atoms with van der Waals surface area (Å²) in [6, 6.07) is 9.87. The fourth-order valence-corrected chi connectivity index (χ4v) is 4.71. The average Bonchev–Trinajstić information content (AvgIpc) is 2.89. The summed E-state index contributed by atoms with van der Waals surface area (Å²) in [5, 5.41) is 8.57. The van der Waals surface area contributed by atoms with Crippen LogP contribution in [0.15, 0.2) is 65.6 Å². The monoisotopic (exact) mass is 629 g/mol. The minimum atomic E-state index is -4.75. The number of urea groups is 2. The summed E-state index contributed by atoms with van der Waals surface area (Å²) in [6.07, 6.45) is -4.53. The topological polar surface area (TPSA) is 146 Å². The maximum atomic E-state index is 14.5. The lowest BCUT2D eigenvalue weighted by atomic mass is 10.1. The number of carbonyl (C=O) groups is 3. The second-order valence-electron chi connectivity index (χ2n) is 8.75. The maximum absolute atomic E-state index is 14.5. The molecule has 5 N–H and O–H groups in total. The number of amides is 5. The number of alkyl halides is 3. The van der Waals surface area contributed by atoms with Crippen molar-refractivity contribution >= 4 is 51.0 Å². The highest BCUT2D eigenvalue weighted by Crippen LogP contribution is 2.36. The first-order valence-electron chi connectivity index (χ1n) is 12.1. The van der Waals surface area contributed by atoms with Crippen molar-refractivity contribution < 1.29 is 40.4 Å². The Balaban J connectivity index is 1.44. The van der Waals surface area contributed by atoms with Gasteiger partial charge in [-0.05, 0) is 67.4 Å². The molecule has 0 saturated heterocycles. The molecular weight excluding hydrogens is 606 g/mol.